The van der Waals surface area contributed by atoms with Crippen molar-refractivity contribution in [1.82, 2.24) is 14.5 Å². The molecule has 0 saturated carbocycles. The van der Waals surface area contributed by atoms with E-state index < -0.39 is 5.91 Å². The molecule has 6 nitrogen and oxygen atoms in total. The monoisotopic (exact) mass is 294 g/mol. The predicted molar refractivity (Wildman–Crippen MR) is 78.3 cm³/mol. The molecule has 108 valence electrons. The van der Waals surface area contributed by atoms with Gasteiger partial charge in [0.1, 0.15) is 11.5 Å². The maximum absolute atomic E-state index is 12.3. The molecule has 1 aromatic heterocycles. The lowest BCUT2D eigenvalue weighted by Gasteiger charge is -2.30. The van der Waals surface area contributed by atoms with Crippen molar-refractivity contribution in [3.63, 3.8) is 0 Å². The first-order valence-corrected chi connectivity index (χ1v) is 7.45. The van der Waals surface area contributed by atoms with Crippen molar-refractivity contribution in [3.05, 3.63) is 30.4 Å². The summed E-state index contributed by atoms with van der Waals surface area (Å²) in [5, 5.41) is -0.106. The molecule has 0 fully saturated rings. The van der Waals surface area contributed by atoms with Gasteiger partial charge in [-0.05, 0) is 6.92 Å². The fourth-order valence-corrected chi connectivity index (χ4v) is 2.90. The number of aromatic nitrogens is 2. The minimum atomic E-state index is -0.488. The van der Waals surface area contributed by atoms with Crippen LogP contribution in [0.2, 0.25) is 0 Å². The van der Waals surface area contributed by atoms with E-state index in [1.807, 2.05) is 6.92 Å². The Hall–Kier alpha value is -1.76. The van der Waals surface area contributed by atoms with Crippen LogP contribution in [-0.4, -0.2) is 43.8 Å². The third kappa shape index (κ3) is 2.87. The molecule has 0 aliphatic carbocycles. The van der Waals surface area contributed by atoms with Crippen molar-refractivity contribution in [1.29, 1.82) is 0 Å². The van der Waals surface area contributed by atoms with Crippen LogP contribution in [0, 0.1) is 0 Å². The lowest BCUT2D eigenvalue weighted by Crippen LogP contribution is -2.42. The lowest BCUT2D eigenvalue weighted by molar-refractivity contribution is -0.131. The molecule has 20 heavy (non-hydrogen) atoms. The Morgan fingerprint density at radius 3 is 3.00 bits per heavy atom. The van der Waals surface area contributed by atoms with Gasteiger partial charge in [0, 0.05) is 18.8 Å². The summed E-state index contributed by atoms with van der Waals surface area (Å²) in [6, 6.07) is 0. The van der Waals surface area contributed by atoms with Crippen LogP contribution >= 0.6 is 11.8 Å². The van der Waals surface area contributed by atoms with Gasteiger partial charge in [0.05, 0.1) is 18.0 Å². The topological polar surface area (TPSA) is 81.2 Å². The minimum Gasteiger partial charge on any atom is -0.364 e. The highest BCUT2D eigenvalue weighted by Crippen LogP contribution is 2.19. The molecule has 0 saturated heterocycles. The Morgan fingerprint density at radius 1 is 1.60 bits per heavy atom. The number of imidazole rings is 1. The Kier molecular flexibility index (Phi) is 4.49. The summed E-state index contributed by atoms with van der Waals surface area (Å²) in [5.41, 5.74) is 5.69. The summed E-state index contributed by atoms with van der Waals surface area (Å²) in [4.78, 5) is 29.5. The van der Waals surface area contributed by atoms with E-state index in [0.29, 0.717) is 31.2 Å². The van der Waals surface area contributed by atoms with Gasteiger partial charge < -0.3 is 15.2 Å². The van der Waals surface area contributed by atoms with Crippen LogP contribution in [0.4, 0.5) is 0 Å². The quantitative estimate of drug-likeness (QED) is 0.808. The number of nitrogens with zero attached hydrogens (tertiary/aromatic N) is 3. The number of carbonyl (C=O) groups is 2. The molecule has 0 unspecified atom stereocenters. The van der Waals surface area contributed by atoms with Crippen molar-refractivity contribution in [3.8, 4) is 0 Å². The van der Waals surface area contributed by atoms with E-state index in [1.54, 1.807) is 27.3 Å². The molecule has 2 heterocycles. The Balaban J connectivity index is 2.06. The minimum absolute atomic E-state index is 0.0896. The highest BCUT2D eigenvalue weighted by atomic mass is 32.2. The summed E-state index contributed by atoms with van der Waals surface area (Å²) in [5.74, 6) is 1.06. The van der Waals surface area contributed by atoms with Crippen LogP contribution in [0.1, 0.15) is 23.2 Å². The molecule has 2 amide bonds. The highest BCUT2D eigenvalue weighted by Gasteiger charge is 2.27. The molecule has 1 aromatic rings. The molecule has 1 aliphatic heterocycles. The number of hydrogen-bond donors (Lipinski definition) is 1. The third-order valence-corrected chi connectivity index (χ3v) is 4.37. The van der Waals surface area contributed by atoms with E-state index in [2.05, 4.69) is 11.6 Å². The normalized spacial score (nSPS) is 15.6. The standard InChI is InChI=1S/C13H18N4O2S/c1-3-6-20-9(2)13(19)16-4-5-17-10(12(14)18)7-15-11(17)8-16/h3,7,9H,1,4-6,8H2,2H3,(H2,14,18)/t9-/m0/s1. The van der Waals surface area contributed by atoms with E-state index in [-0.39, 0.29) is 11.2 Å². The van der Waals surface area contributed by atoms with Gasteiger partial charge in [-0.3, -0.25) is 9.59 Å². The number of thioether (sulfide) groups is 1. The molecule has 0 bridgehead atoms. The van der Waals surface area contributed by atoms with Crippen LogP contribution in [-0.2, 0) is 17.9 Å². The number of fused-ring (bicyclic) bond motifs is 1. The fraction of sp³-hybridized carbons (Fsp3) is 0.462. The van der Waals surface area contributed by atoms with Crippen molar-refractivity contribution in [2.45, 2.75) is 25.3 Å². The van der Waals surface area contributed by atoms with Gasteiger partial charge in [-0.2, -0.15) is 0 Å². The van der Waals surface area contributed by atoms with E-state index in [1.165, 1.54) is 6.20 Å². The van der Waals surface area contributed by atoms with Gasteiger partial charge in [0.15, 0.2) is 0 Å². The molecule has 0 radical (unpaired) electrons. The number of primary amides is 1. The summed E-state index contributed by atoms with van der Waals surface area (Å²) >= 11 is 1.56. The summed E-state index contributed by atoms with van der Waals surface area (Å²) in [6.45, 7) is 7.09. The zero-order valence-electron chi connectivity index (χ0n) is 11.4. The van der Waals surface area contributed by atoms with Crippen LogP contribution in [0.25, 0.3) is 0 Å². The van der Waals surface area contributed by atoms with E-state index in [9.17, 15) is 9.59 Å². The van der Waals surface area contributed by atoms with Gasteiger partial charge >= 0.3 is 0 Å². The second-order valence-electron chi connectivity index (χ2n) is 4.60. The average Bonchev–Trinajstić information content (AvgIpc) is 2.86. The molecular weight excluding hydrogens is 276 g/mol. The molecule has 2 rings (SSSR count). The second kappa shape index (κ2) is 6.13. The first-order chi connectivity index (χ1) is 9.54. The van der Waals surface area contributed by atoms with Crippen LogP contribution in [0.15, 0.2) is 18.9 Å². The maximum Gasteiger partial charge on any atom is 0.266 e. The molecule has 2 N–H and O–H groups in total. The summed E-state index contributed by atoms with van der Waals surface area (Å²) in [6.07, 6.45) is 3.26. The lowest BCUT2D eigenvalue weighted by atomic mass is 10.3. The smallest absolute Gasteiger partial charge is 0.266 e. The van der Waals surface area contributed by atoms with Crippen LogP contribution in [0.5, 0.6) is 0 Å². The first-order valence-electron chi connectivity index (χ1n) is 6.40. The van der Waals surface area contributed by atoms with Crippen LogP contribution in [0.3, 0.4) is 0 Å². The number of nitrogens with two attached hydrogens (primary N) is 1. The largest absolute Gasteiger partial charge is 0.364 e. The Labute approximate surface area is 122 Å². The predicted octanol–water partition coefficient (Wildman–Crippen LogP) is 0.632. The number of amides is 2. The maximum atomic E-state index is 12.3. The molecule has 1 atom stereocenters. The van der Waals surface area contributed by atoms with Gasteiger partial charge in [-0.1, -0.05) is 6.08 Å². The number of carbonyl (C=O) groups excluding carboxylic acids is 2. The summed E-state index contributed by atoms with van der Waals surface area (Å²) in [7, 11) is 0. The third-order valence-electron chi connectivity index (χ3n) is 3.24. The summed E-state index contributed by atoms with van der Waals surface area (Å²) < 4.78 is 1.79. The molecular formula is C13H18N4O2S. The Morgan fingerprint density at radius 2 is 2.35 bits per heavy atom. The van der Waals surface area contributed by atoms with E-state index >= 15 is 0 Å². The van der Waals surface area contributed by atoms with Gasteiger partial charge in [-0.25, -0.2) is 4.98 Å². The van der Waals surface area contributed by atoms with Crippen LogP contribution < -0.4 is 5.73 Å². The van der Waals surface area contributed by atoms with Crippen molar-refractivity contribution in [2.24, 2.45) is 5.73 Å². The van der Waals surface area contributed by atoms with Crippen molar-refractivity contribution < 1.29 is 9.59 Å². The number of rotatable bonds is 5. The first kappa shape index (κ1) is 14.6. The molecule has 1 aliphatic rings. The fourth-order valence-electron chi connectivity index (χ4n) is 2.19. The SMILES string of the molecule is C=CCS[C@@H](C)C(=O)N1CCn2c(C(N)=O)cnc2C1. The zero-order valence-corrected chi connectivity index (χ0v) is 12.2. The van der Waals surface area contributed by atoms with E-state index in [4.69, 9.17) is 5.73 Å². The molecule has 0 spiro atoms. The molecule has 7 heteroatoms. The zero-order chi connectivity index (χ0) is 14.7. The Bertz CT molecular complexity index is 540. The second-order valence-corrected chi connectivity index (χ2v) is 5.97. The molecule has 0 aromatic carbocycles. The average molecular weight is 294 g/mol. The van der Waals surface area contributed by atoms with Crippen molar-refractivity contribution >= 4 is 23.6 Å². The van der Waals surface area contributed by atoms with Gasteiger partial charge in [0.25, 0.3) is 5.91 Å². The van der Waals surface area contributed by atoms with Crippen molar-refractivity contribution in [2.75, 3.05) is 12.3 Å². The highest BCUT2D eigenvalue weighted by molar-refractivity contribution is 8.00. The van der Waals surface area contributed by atoms with E-state index in [0.717, 1.165) is 5.75 Å². The number of hydrogen-bond acceptors (Lipinski definition) is 4. The van der Waals surface area contributed by atoms with Gasteiger partial charge in [0.2, 0.25) is 5.91 Å². The van der Waals surface area contributed by atoms with Gasteiger partial charge in [-0.15, -0.1) is 18.3 Å².